The predicted molar refractivity (Wildman–Crippen MR) is 130 cm³/mol. The molecule has 35 heavy (non-hydrogen) atoms. The van der Waals surface area contributed by atoms with E-state index in [9.17, 15) is 18.0 Å². The van der Waals surface area contributed by atoms with Gasteiger partial charge in [0.15, 0.2) is 11.6 Å². The van der Waals surface area contributed by atoms with E-state index in [4.69, 9.17) is 11.1 Å². The molecule has 2 aromatic carbocycles. The minimum Gasteiger partial charge on any atom is -0.386 e. The third kappa shape index (κ3) is 7.03. The summed E-state index contributed by atoms with van der Waals surface area (Å²) < 4.78 is 41.0. The van der Waals surface area contributed by atoms with Crippen LogP contribution < -0.4 is 21.7 Å². The zero-order valence-electron chi connectivity index (χ0n) is 19.2. The van der Waals surface area contributed by atoms with Crippen LogP contribution in [-0.4, -0.2) is 27.2 Å². The average molecular weight is 483 g/mol. The van der Waals surface area contributed by atoms with E-state index in [2.05, 4.69) is 25.9 Å². The Balaban J connectivity index is 1.92. The Labute approximate surface area is 200 Å². The number of anilines is 3. The molecule has 182 valence electrons. The average Bonchev–Trinajstić information content (AvgIpc) is 2.75. The zero-order chi connectivity index (χ0) is 25.8. The van der Waals surface area contributed by atoms with Gasteiger partial charge in [-0.3, -0.25) is 5.41 Å². The Kier molecular flexibility index (Phi) is 7.38. The summed E-state index contributed by atoms with van der Waals surface area (Å²) in [5, 5.41) is 16.6. The van der Waals surface area contributed by atoms with E-state index in [-0.39, 0.29) is 45.4 Å². The summed E-state index contributed by atoms with van der Waals surface area (Å²) in [5.74, 6) is -2.88. The number of rotatable bonds is 6. The third-order valence-corrected chi connectivity index (χ3v) is 4.49. The molecular weight excluding hydrogens is 459 g/mol. The van der Waals surface area contributed by atoms with E-state index in [0.717, 1.165) is 18.2 Å². The van der Waals surface area contributed by atoms with Gasteiger partial charge in [0.1, 0.15) is 5.82 Å². The molecule has 1 aromatic heterocycles. The molecule has 0 saturated heterocycles. The van der Waals surface area contributed by atoms with Gasteiger partial charge in [-0.1, -0.05) is 0 Å². The highest BCUT2D eigenvalue weighted by Gasteiger charge is 2.17. The molecule has 0 bridgehead atoms. The minimum absolute atomic E-state index is 0.0103. The lowest BCUT2D eigenvalue weighted by atomic mass is 9.98. The SMILES string of the molecule is CC(C)(C)N/C=C(\C(=N)c1ccnc(N)n1)c1cc(F)cc(NC(=O)Nc2ccc(F)c(F)c2)c1. The van der Waals surface area contributed by atoms with E-state index in [0.29, 0.717) is 0 Å². The number of benzene rings is 2. The van der Waals surface area contributed by atoms with Crippen molar-refractivity contribution in [1.82, 2.24) is 15.3 Å². The van der Waals surface area contributed by atoms with E-state index in [1.54, 1.807) is 6.20 Å². The lowest BCUT2D eigenvalue weighted by Gasteiger charge is -2.21. The number of nitrogens with two attached hydrogens (primary N) is 1. The summed E-state index contributed by atoms with van der Waals surface area (Å²) in [4.78, 5) is 20.2. The lowest BCUT2D eigenvalue weighted by molar-refractivity contribution is 0.262. The van der Waals surface area contributed by atoms with E-state index in [1.165, 1.54) is 30.5 Å². The molecule has 1 heterocycles. The maximum Gasteiger partial charge on any atom is 0.323 e. The van der Waals surface area contributed by atoms with Crippen LogP contribution in [0.4, 0.5) is 35.3 Å². The quantitative estimate of drug-likeness (QED) is 0.318. The van der Waals surface area contributed by atoms with Crippen LogP contribution in [0.15, 0.2) is 54.9 Å². The second-order valence-corrected chi connectivity index (χ2v) is 8.56. The first-order valence-electron chi connectivity index (χ1n) is 10.4. The first-order chi connectivity index (χ1) is 16.4. The van der Waals surface area contributed by atoms with Crippen LogP contribution in [0, 0.1) is 22.9 Å². The molecular formula is C24H24F3N7O. The molecule has 6 N–H and O–H groups in total. The molecule has 0 aliphatic heterocycles. The topological polar surface area (TPSA) is 129 Å². The van der Waals surface area contributed by atoms with Crippen LogP contribution in [0.1, 0.15) is 32.0 Å². The van der Waals surface area contributed by atoms with Gasteiger partial charge in [0, 0.05) is 40.9 Å². The molecule has 0 unspecified atom stereocenters. The van der Waals surface area contributed by atoms with Crippen LogP contribution in [0.2, 0.25) is 0 Å². The number of urea groups is 1. The van der Waals surface area contributed by atoms with Crippen molar-refractivity contribution in [3.05, 3.63) is 83.6 Å². The van der Waals surface area contributed by atoms with Crippen LogP contribution >= 0.6 is 0 Å². The largest absolute Gasteiger partial charge is 0.386 e. The van der Waals surface area contributed by atoms with Crippen molar-refractivity contribution in [2.75, 3.05) is 16.4 Å². The maximum atomic E-state index is 14.5. The molecule has 0 atom stereocenters. The summed E-state index contributed by atoms with van der Waals surface area (Å²) in [7, 11) is 0. The van der Waals surface area contributed by atoms with Gasteiger partial charge in [0.25, 0.3) is 0 Å². The number of nitrogen functional groups attached to an aromatic ring is 1. The van der Waals surface area contributed by atoms with Gasteiger partial charge in [0.05, 0.1) is 11.4 Å². The molecule has 0 spiro atoms. The standard InChI is InChI=1S/C24H24F3N7O/c1-24(2,3)31-12-17(21(28)20-6-7-30-22(29)34-20)13-8-14(25)10-16(9-13)33-23(35)32-15-4-5-18(26)19(27)11-15/h4-12,28,31H,1-3H3,(H2,29,30,34)(H2,32,33,35)/b17-12-,28-21?. The fourth-order valence-corrected chi connectivity index (χ4v) is 2.92. The first-order valence-corrected chi connectivity index (χ1v) is 10.4. The van der Waals surface area contributed by atoms with Crippen molar-refractivity contribution in [2.45, 2.75) is 26.3 Å². The van der Waals surface area contributed by atoms with Gasteiger partial charge < -0.3 is 21.7 Å². The van der Waals surface area contributed by atoms with E-state index >= 15 is 0 Å². The number of aromatic nitrogens is 2. The molecule has 0 aliphatic rings. The smallest absolute Gasteiger partial charge is 0.323 e. The van der Waals surface area contributed by atoms with Crippen molar-refractivity contribution >= 4 is 34.6 Å². The lowest BCUT2D eigenvalue weighted by Crippen LogP contribution is -2.32. The Morgan fingerprint density at radius 1 is 1.00 bits per heavy atom. The highest BCUT2D eigenvalue weighted by atomic mass is 19.2. The van der Waals surface area contributed by atoms with Gasteiger partial charge in [-0.25, -0.2) is 27.9 Å². The monoisotopic (exact) mass is 483 g/mol. The van der Waals surface area contributed by atoms with Gasteiger partial charge in [-0.2, -0.15) is 0 Å². The molecule has 8 nitrogen and oxygen atoms in total. The van der Waals surface area contributed by atoms with Gasteiger partial charge in [-0.15, -0.1) is 0 Å². The number of amides is 2. The minimum atomic E-state index is -1.12. The summed E-state index contributed by atoms with van der Waals surface area (Å²) in [6.45, 7) is 5.73. The van der Waals surface area contributed by atoms with E-state index in [1.807, 2.05) is 20.8 Å². The number of hydrogen-bond donors (Lipinski definition) is 5. The van der Waals surface area contributed by atoms with Gasteiger partial charge >= 0.3 is 6.03 Å². The number of nitrogens with one attached hydrogen (secondary N) is 4. The number of carbonyl (C=O) groups excluding carboxylic acids is 1. The summed E-state index contributed by atoms with van der Waals surface area (Å²) in [6, 6.07) is 7.31. The number of carbonyl (C=O) groups is 1. The predicted octanol–water partition coefficient (Wildman–Crippen LogP) is 4.92. The van der Waals surface area contributed by atoms with Crippen LogP contribution in [-0.2, 0) is 0 Å². The van der Waals surface area contributed by atoms with Crippen LogP contribution in [0.5, 0.6) is 0 Å². The van der Waals surface area contributed by atoms with Crippen molar-refractivity contribution in [1.29, 1.82) is 5.41 Å². The molecule has 0 saturated carbocycles. The number of allylic oxidation sites excluding steroid dienone is 1. The molecule has 0 radical (unpaired) electrons. The van der Waals surface area contributed by atoms with Gasteiger partial charge in [0.2, 0.25) is 5.95 Å². The molecule has 0 aliphatic carbocycles. The zero-order valence-corrected chi connectivity index (χ0v) is 19.2. The van der Waals surface area contributed by atoms with Crippen molar-refractivity contribution in [3.63, 3.8) is 0 Å². The Hall–Kier alpha value is -4.41. The van der Waals surface area contributed by atoms with Crippen molar-refractivity contribution in [2.24, 2.45) is 0 Å². The summed E-state index contributed by atoms with van der Waals surface area (Å²) in [6.07, 6.45) is 2.96. The molecule has 11 heteroatoms. The Bertz CT molecular complexity index is 1300. The second-order valence-electron chi connectivity index (χ2n) is 8.56. The van der Waals surface area contributed by atoms with Crippen molar-refractivity contribution < 1.29 is 18.0 Å². The van der Waals surface area contributed by atoms with E-state index < -0.39 is 23.5 Å². The normalized spacial score (nSPS) is 11.7. The summed E-state index contributed by atoms with van der Waals surface area (Å²) >= 11 is 0. The molecule has 3 aromatic rings. The molecule has 3 rings (SSSR count). The fraction of sp³-hybridized carbons (Fsp3) is 0.167. The number of nitrogens with zero attached hydrogens (tertiary/aromatic N) is 2. The molecule has 0 fully saturated rings. The highest BCUT2D eigenvalue weighted by molar-refractivity contribution is 6.29. The van der Waals surface area contributed by atoms with Crippen molar-refractivity contribution in [3.8, 4) is 0 Å². The Morgan fingerprint density at radius 3 is 2.37 bits per heavy atom. The maximum absolute atomic E-state index is 14.5. The number of hydrogen-bond acceptors (Lipinski definition) is 6. The summed E-state index contributed by atoms with van der Waals surface area (Å²) in [5.41, 5.74) is 6.07. The van der Waals surface area contributed by atoms with Crippen LogP contribution in [0.25, 0.3) is 5.57 Å². The second kappa shape index (κ2) is 10.2. The Morgan fingerprint density at radius 2 is 1.71 bits per heavy atom. The highest BCUT2D eigenvalue weighted by Crippen LogP contribution is 2.24. The number of halogens is 3. The first kappa shape index (κ1) is 25.2. The fourth-order valence-electron chi connectivity index (χ4n) is 2.92. The molecule has 2 amide bonds. The third-order valence-electron chi connectivity index (χ3n) is 4.49. The van der Waals surface area contributed by atoms with Crippen LogP contribution in [0.3, 0.4) is 0 Å². The van der Waals surface area contributed by atoms with Gasteiger partial charge in [-0.05, 0) is 62.7 Å².